The third-order valence-electron chi connectivity index (χ3n) is 3.37. The van der Waals surface area contributed by atoms with E-state index in [9.17, 15) is 14.9 Å². The number of para-hydroxylation sites is 1. The van der Waals surface area contributed by atoms with Gasteiger partial charge >= 0.3 is 5.97 Å². The summed E-state index contributed by atoms with van der Waals surface area (Å²) in [5.41, 5.74) is 1.38. The summed E-state index contributed by atoms with van der Waals surface area (Å²) in [6.07, 6.45) is 1.46. The first-order chi connectivity index (χ1) is 12.1. The van der Waals surface area contributed by atoms with Crippen LogP contribution in [0.15, 0.2) is 54.1 Å². The van der Waals surface area contributed by atoms with Gasteiger partial charge in [-0.05, 0) is 36.4 Å². The van der Waals surface area contributed by atoms with Gasteiger partial charge in [-0.2, -0.15) is 5.26 Å². The van der Waals surface area contributed by atoms with E-state index >= 15 is 0 Å². The lowest BCUT2D eigenvalue weighted by atomic mass is 10.1. The number of nitriles is 1. The maximum Gasteiger partial charge on any atom is 0.337 e. The van der Waals surface area contributed by atoms with Crippen molar-refractivity contribution in [1.29, 1.82) is 5.26 Å². The Hall–Kier alpha value is -3.59. The number of methoxy groups -OCH3 is 2. The maximum absolute atomic E-state index is 12.3. The van der Waals surface area contributed by atoms with Gasteiger partial charge in [0.05, 0.1) is 19.8 Å². The van der Waals surface area contributed by atoms with E-state index in [1.165, 1.54) is 32.4 Å². The van der Waals surface area contributed by atoms with Gasteiger partial charge in [-0.3, -0.25) is 4.79 Å². The fourth-order valence-electron chi connectivity index (χ4n) is 2.10. The lowest BCUT2D eigenvalue weighted by Gasteiger charge is -2.07. The molecule has 0 fully saturated rings. The van der Waals surface area contributed by atoms with E-state index in [0.29, 0.717) is 22.6 Å². The molecule has 0 saturated carbocycles. The van der Waals surface area contributed by atoms with Gasteiger partial charge in [-0.1, -0.05) is 18.2 Å². The zero-order valence-corrected chi connectivity index (χ0v) is 13.8. The normalized spacial score (nSPS) is 10.5. The highest BCUT2D eigenvalue weighted by atomic mass is 16.5. The summed E-state index contributed by atoms with van der Waals surface area (Å²) in [6.45, 7) is 0. The minimum atomic E-state index is -0.556. The van der Waals surface area contributed by atoms with Crippen molar-refractivity contribution in [3.8, 4) is 11.8 Å². The largest absolute Gasteiger partial charge is 0.496 e. The molecule has 0 radical (unpaired) electrons. The van der Waals surface area contributed by atoms with Crippen molar-refractivity contribution >= 4 is 23.6 Å². The molecule has 0 aliphatic heterocycles. The van der Waals surface area contributed by atoms with Gasteiger partial charge in [0.15, 0.2) is 0 Å². The molecule has 0 atom stereocenters. The van der Waals surface area contributed by atoms with Crippen LogP contribution in [0.4, 0.5) is 5.69 Å². The predicted octanol–water partition coefficient (Wildman–Crippen LogP) is 3.03. The van der Waals surface area contributed by atoms with Crippen molar-refractivity contribution < 1.29 is 19.1 Å². The summed E-state index contributed by atoms with van der Waals surface area (Å²) >= 11 is 0. The van der Waals surface area contributed by atoms with E-state index in [1.54, 1.807) is 36.4 Å². The number of esters is 1. The van der Waals surface area contributed by atoms with Crippen LogP contribution in [-0.4, -0.2) is 26.1 Å². The van der Waals surface area contributed by atoms with Crippen LogP contribution in [0.2, 0.25) is 0 Å². The second-order valence-corrected chi connectivity index (χ2v) is 4.93. The third-order valence-corrected chi connectivity index (χ3v) is 3.37. The van der Waals surface area contributed by atoms with Crippen LogP contribution in [-0.2, 0) is 9.53 Å². The SMILES string of the molecule is COC(=O)c1ccc(NC(=O)/C(C#N)=C/c2ccccc2OC)cc1. The van der Waals surface area contributed by atoms with Gasteiger partial charge in [0, 0.05) is 11.3 Å². The Labute approximate surface area is 145 Å². The lowest BCUT2D eigenvalue weighted by molar-refractivity contribution is -0.112. The van der Waals surface area contributed by atoms with E-state index in [2.05, 4.69) is 10.1 Å². The number of nitrogens with zero attached hydrogens (tertiary/aromatic N) is 1. The Bertz CT molecular complexity index is 848. The Morgan fingerprint density at radius 2 is 1.76 bits per heavy atom. The molecule has 0 aliphatic carbocycles. The van der Waals surface area contributed by atoms with E-state index < -0.39 is 11.9 Å². The molecular weight excluding hydrogens is 320 g/mol. The quantitative estimate of drug-likeness (QED) is 0.515. The lowest BCUT2D eigenvalue weighted by Crippen LogP contribution is -2.13. The fraction of sp³-hybridized carbons (Fsp3) is 0.105. The Balaban J connectivity index is 2.19. The molecule has 6 nitrogen and oxygen atoms in total. The molecule has 0 spiro atoms. The third kappa shape index (κ3) is 4.45. The molecule has 0 heterocycles. The second kappa shape index (κ2) is 8.31. The van der Waals surface area contributed by atoms with E-state index in [0.717, 1.165) is 0 Å². The number of nitrogens with one attached hydrogen (secondary N) is 1. The van der Waals surface area contributed by atoms with Crippen molar-refractivity contribution in [3.05, 3.63) is 65.2 Å². The molecule has 2 rings (SSSR count). The number of hydrogen-bond donors (Lipinski definition) is 1. The van der Waals surface area contributed by atoms with Crippen molar-refractivity contribution in [2.75, 3.05) is 19.5 Å². The first-order valence-corrected chi connectivity index (χ1v) is 7.33. The molecule has 0 unspecified atom stereocenters. The summed E-state index contributed by atoms with van der Waals surface area (Å²) in [4.78, 5) is 23.7. The molecule has 2 aromatic rings. The van der Waals surface area contributed by atoms with E-state index in [4.69, 9.17) is 4.74 Å². The smallest absolute Gasteiger partial charge is 0.337 e. The van der Waals surface area contributed by atoms with Crippen LogP contribution in [0, 0.1) is 11.3 Å². The highest BCUT2D eigenvalue weighted by Crippen LogP contribution is 2.21. The Morgan fingerprint density at radius 1 is 1.08 bits per heavy atom. The number of amides is 1. The zero-order chi connectivity index (χ0) is 18.2. The number of carbonyl (C=O) groups is 2. The average molecular weight is 336 g/mol. The van der Waals surface area contributed by atoms with Gasteiger partial charge in [-0.25, -0.2) is 4.79 Å². The monoisotopic (exact) mass is 336 g/mol. The Kier molecular flexibility index (Phi) is 5.91. The molecule has 0 bridgehead atoms. The number of benzene rings is 2. The summed E-state index contributed by atoms with van der Waals surface area (Å²) in [6, 6.07) is 15.1. The summed E-state index contributed by atoms with van der Waals surface area (Å²) < 4.78 is 9.82. The molecule has 0 aromatic heterocycles. The van der Waals surface area contributed by atoms with Crippen LogP contribution < -0.4 is 10.1 Å². The second-order valence-electron chi connectivity index (χ2n) is 4.93. The number of ether oxygens (including phenoxy) is 2. The molecule has 1 N–H and O–H groups in total. The molecule has 2 aromatic carbocycles. The van der Waals surface area contributed by atoms with Crippen molar-refractivity contribution in [1.82, 2.24) is 0 Å². The van der Waals surface area contributed by atoms with Crippen LogP contribution in [0.5, 0.6) is 5.75 Å². The number of carbonyl (C=O) groups excluding carboxylic acids is 2. The maximum atomic E-state index is 12.3. The van der Waals surface area contributed by atoms with Crippen LogP contribution in [0.1, 0.15) is 15.9 Å². The summed E-state index contributed by atoms with van der Waals surface area (Å²) in [5, 5.41) is 11.9. The van der Waals surface area contributed by atoms with Crippen LogP contribution in [0.3, 0.4) is 0 Å². The minimum Gasteiger partial charge on any atom is -0.496 e. The summed E-state index contributed by atoms with van der Waals surface area (Å²) in [5.74, 6) is -0.462. The van der Waals surface area contributed by atoms with Gasteiger partial charge < -0.3 is 14.8 Å². The van der Waals surface area contributed by atoms with Gasteiger partial charge in [0.1, 0.15) is 17.4 Å². The zero-order valence-electron chi connectivity index (χ0n) is 13.8. The summed E-state index contributed by atoms with van der Waals surface area (Å²) in [7, 11) is 2.81. The van der Waals surface area contributed by atoms with Gasteiger partial charge in [0.25, 0.3) is 5.91 Å². The van der Waals surface area contributed by atoms with Gasteiger partial charge in [-0.15, -0.1) is 0 Å². The van der Waals surface area contributed by atoms with Gasteiger partial charge in [0.2, 0.25) is 0 Å². The number of anilines is 1. The number of hydrogen-bond acceptors (Lipinski definition) is 5. The standard InChI is InChI=1S/C19H16N2O4/c1-24-17-6-4-3-5-14(17)11-15(12-20)18(22)21-16-9-7-13(8-10-16)19(23)25-2/h3-11H,1-2H3,(H,21,22)/b15-11+. The average Bonchev–Trinajstić information content (AvgIpc) is 2.66. The molecular formula is C19H16N2O4. The van der Waals surface area contributed by atoms with Crippen molar-refractivity contribution in [3.63, 3.8) is 0 Å². The number of rotatable bonds is 5. The molecule has 1 amide bonds. The van der Waals surface area contributed by atoms with Crippen molar-refractivity contribution in [2.24, 2.45) is 0 Å². The first-order valence-electron chi connectivity index (χ1n) is 7.33. The molecule has 25 heavy (non-hydrogen) atoms. The Morgan fingerprint density at radius 3 is 2.36 bits per heavy atom. The highest BCUT2D eigenvalue weighted by Gasteiger charge is 2.12. The predicted molar refractivity (Wildman–Crippen MR) is 93.0 cm³/mol. The van der Waals surface area contributed by atoms with E-state index in [1.807, 2.05) is 6.07 Å². The fourth-order valence-corrected chi connectivity index (χ4v) is 2.10. The van der Waals surface area contributed by atoms with Crippen LogP contribution >= 0.6 is 0 Å². The first kappa shape index (κ1) is 17.8. The molecule has 0 saturated heterocycles. The molecule has 126 valence electrons. The topological polar surface area (TPSA) is 88.4 Å². The molecule has 6 heteroatoms. The minimum absolute atomic E-state index is 0.0680. The van der Waals surface area contributed by atoms with E-state index in [-0.39, 0.29) is 5.57 Å². The van der Waals surface area contributed by atoms with Crippen molar-refractivity contribution in [2.45, 2.75) is 0 Å². The highest BCUT2D eigenvalue weighted by molar-refractivity contribution is 6.10. The van der Waals surface area contributed by atoms with Crippen LogP contribution in [0.25, 0.3) is 6.08 Å². The molecule has 0 aliphatic rings.